The Morgan fingerprint density at radius 2 is 2.06 bits per heavy atom. The molecule has 0 aromatic carbocycles. The van der Waals surface area contributed by atoms with Crippen LogP contribution in [0.25, 0.3) is 6.08 Å². The van der Waals surface area contributed by atoms with Gasteiger partial charge in [0.25, 0.3) is 0 Å². The number of aliphatic hydroxyl groups excluding tert-OH is 3. The second-order valence-electron chi connectivity index (χ2n) is 4.22. The number of nitrogens with zero attached hydrogens (tertiary/aromatic N) is 1. The molecule has 0 aliphatic carbocycles. The summed E-state index contributed by atoms with van der Waals surface area (Å²) in [7, 11) is 0. The molecule has 4 heteroatoms. The molecule has 0 radical (unpaired) electrons. The van der Waals surface area contributed by atoms with Crippen LogP contribution in [-0.2, 0) is 6.42 Å². The van der Waals surface area contributed by atoms with E-state index in [-0.39, 0.29) is 13.2 Å². The summed E-state index contributed by atoms with van der Waals surface area (Å²) in [4.78, 5) is 4.37. The zero-order valence-corrected chi connectivity index (χ0v) is 10.5. The molecule has 0 fully saturated rings. The van der Waals surface area contributed by atoms with E-state index < -0.39 is 6.10 Å². The number of rotatable bonds is 8. The van der Waals surface area contributed by atoms with Gasteiger partial charge < -0.3 is 15.3 Å². The van der Waals surface area contributed by atoms with Gasteiger partial charge in [-0.2, -0.15) is 0 Å². The first-order valence-electron chi connectivity index (χ1n) is 6.28. The van der Waals surface area contributed by atoms with E-state index in [9.17, 15) is 5.11 Å². The highest BCUT2D eigenvalue weighted by Crippen LogP contribution is 2.08. The molecule has 0 amide bonds. The van der Waals surface area contributed by atoms with Crippen molar-refractivity contribution in [2.75, 3.05) is 13.2 Å². The zero-order valence-electron chi connectivity index (χ0n) is 10.5. The minimum absolute atomic E-state index is 0.00427. The molecule has 1 aromatic rings. The third kappa shape index (κ3) is 5.91. The Kier molecular flexibility index (Phi) is 7.25. The molecule has 1 heterocycles. The van der Waals surface area contributed by atoms with E-state index in [0.717, 1.165) is 24.2 Å². The molecule has 1 atom stereocenters. The Bertz CT molecular complexity index is 366. The topological polar surface area (TPSA) is 73.6 Å². The maximum atomic E-state index is 9.82. The highest BCUT2D eigenvalue weighted by atomic mass is 16.3. The quantitative estimate of drug-likeness (QED) is 0.606. The second kappa shape index (κ2) is 8.80. The molecule has 1 rings (SSSR count). The SMILES string of the molecule is OC/C=C/c1cccc(CC(O)CCCCO)n1. The first-order chi connectivity index (χ1) is 8.76. The lowest BCUT2D eigenvalue weighted by Gasteiger charge is -2.09. The van der Waals surface area contributed by atoms with Gasteiger partial charge in [0.05, 0.1) is 18.4 Å². The number of unbranched alkanes of at least 4 members (excludes halogenated alkanes) is 1. The highest BCUT2D eigenvalue weighted by Gasteiger charge is 2.06. The second-order valence-corrected chi connectivity index (χ2v) is 4.22. The molecule has 3 N–H and O–H groups in total. The van der Waals surface area contributed by atoms with Crippen molar-refractivity contribution in [1.29, 1.82) is 0 Å². The van der Waals surface area contributed by atoms with E-state index in [0.29, 0.717) is 12.8 Å². The van der Waals surface area contributed by atoms with Gasteiger partial charge in [-0.15, -0.1) is 0 Å². The number of aromatic nitrogens is 1. The number of hydrogen-bond acceptors (Lipinski definition) is 4. The van der Waals surface area contributed by atoms with E-state index in [1.54, 1.807) is 12.2 Å². The summed E-state index contributed by atoms with van der Waals surface area (Å²) in [5.74, 6) is 0. The first kappa shape index (κ1) is 14.8. The summed E-state index contributed by atoms with van der Waals surface area (Å²) < 4.78 is 0. The smallest absolute Gasteiger partial charge is 0.0630 e. The fraction of sp³-hybridized carbons (Fsp3) is 0.500. The van der Waals surface area contributed by atoms with Gasteiger partial charge in [-0.05, 0) is 37.5 Å². The predicted octanol–water partition coefficient (Wildman–Crippen LogP) is 1.15. The molecule has 4 nitrogen and oxygen atoms in total. The lowest BCUT2D eigenvalue weighted by Crippen LogP contribution is -2.11. The van der Waals surface area contributed by atoms with Crippen LogP contribution in [0.4, 0.5) is 0 Å². The Labute approximate surface area is 108 Å². The van der Waals surface area contributed by atoms with Gasteiger partial charge in [-0.25, -0.2) is 0 Å². The molecule has 0 saturated carbocycles. The van der Waals surface area contributed by atoms with Crippen LogP contribution in [0.15, 0.2) is 24.3 Å². The zero-order chi connectivity index (χ0) is 13.2. The van der Waals surface area contributed by atoms with Crippen molar-refractivity contribution in [3.05, 3.63) is 35.7 Å². The Hall–Kier alpha value is -1.23. The van der Waals surface area contributed by atoms with Gasteiger partial charge in [0.15, 0.2) is 0 Å². The van der Waals surface area contributed by atoms with Crippen LogP contribution in [-0.4, -0.2) is 39.6 Å². The molecule has 0 bridgehead atoms. The molecular weight excluding hydrogens is 230 g/mol. The largest absolute Gasteiger partial charge is 0.396 e. The summed E-state index contributed by atoms with van der Waals surface area (Å²) in [5, 5.41) is 27.2. The maximum Gasteiger partial charge on any atom is 0.0630 e. The highest BCUT2D eigenvalue weighted by molar-refractivity contribution is 5.44. The van der Waals surface area contributed by atoms with Crippen LogP contribution in [0, 0.1) is 0 Å². The Morgan fingerprint density at radius 3 is 2.78 bits per heavy atom. The first-order valence-corrected chi connectivity index (χ1v) is 6.28. The average molecular weight is 251 g/mol. The fourth-order valence-corrected chi connectivity index (χ4v) is 1.71. The van der Waals surface area contributed by atoms with Crippen LogP contribution >= 0.6 is 0 Å². The monoisotopic (exact) mass is 251 g/mol. The molecule has 18 heavy (non-hydrogen) atoms. The lowest BCUT2D eigenvalue weighted by molar-refractivity contribution is 0.156. The van der Waals surface area contributed by atoms with E-state index in [1.165, 1.54) is 0 Å². The van der Waals surface area contributed by atoms with Crippen molar-refractivity contribution in [3.63, 3.8) is 0 Å². The van der Waals surface area contributed by atoms with Crippen molar-refractivity contribution in [2.24, 2.45) is 0 Å². The van der Waals surface area contributed by atoms with Gasteiger partial charge in [0.2, 0.25) is 0 Å². The van der Waals surface area contributed by atoms with Crippen molar-refractivity contribution in [3.8, 4) is 0 Å². The van der Waals surface area contributed by atoms with Crippen molar-refractivity contribution in [2.45, 2.75) is 31.8 Å². The predicted molar refractivity (Wildman–Crippen MR) is 71.0 cm³/mol. The minimum Gasteiger partial charge on any atom is -0.396 e. The molecule has 0 saturated heterocycles. The van der Waals surface area contributed by atoms with Crippen LogP contribution in [0.3, 0.4) is 0 Å². The van der Waals surface area contributed by atoms with Crippen molar-refractivity contribution in [1.82, 2.24) is 4.98 Å². The van der Waals surface area contributed by atoms with E-state index >= 15 is 0 Å². The van der Waals surface area contributed by atoms with Gasteiger partial charge >= 0.3 is 0 Å². The summed E-state index contributed by atoms with van der Waals surface area (Å²) in [6.45, 7) is 0.169. The maximum absolute atomic E-state index is 9.82. The van der Waals surface area contributed by atoms with E-state index in [1.807, 2.05) is 18.2 Å². The van der Waals surface area contributed by atoms with Crippen molar-refractivity contribution >= 4 is 6.08 Å². The summed E-state index contributed by atoms with van der Waals surface area (Å²) >= 11 is 0. The van der Waals surface area contributed by atoms with Crippen LogP contribution in [0.2, 0.25) is 0 Å². The molecule has 0 spiro atoms. The number of pyridine rings is 1. The Morgan fingerprint density at radius 1 is 1.22 bits per heavy atom. The lowest BCUT2D eigenvalue weighted by atomic mass is 10.1. The van der Waals surface area contributed by atoms with Gasteiger partial charge in [0, 0.05) is 18.7 Å². The standard InChI is InChI=1S/C14H21NO3/c16-9-2-1-8-14(18)11-13-6-3-5-12(15-13)7-4-10-17/h3-7,14,16-18H,1-2,8-11H2/b7-4+. The molecule has 0 aliphatic heterocycles. The van der Waals surface area contributed by atoms with Crippen LogP contribution in [0.1, 0.15) is 30.7 Å². The number of hydrogen-bond donors (Lipinski definition) is 3. The third-order valence-corrected chi connectivity index (χ3v) is 2.61. The minimum atomic E-state index is -0.416. The molecule has 0 aliphatic rings. The summed E-state index contributed by atoms with van der Waals surface area (Å²) in [6, 6.07) is 5.62. The number of aliphatic hydroxyl groups is 3. The molecule has 1 aromatic heterocycles. The van der Waals surface area contributed by atoms with Gasteiger partial charge in [-0.1, -0.05) is 12.1 Å². The van der Waals surface area contributed by atoms with Gasteiger partial charge in [-0.3, -0.25) is 4.98 Å². The fourth-order valence-electron chi connectivity index (χ4n) is 1.71. The van der Waals surface area contributed by atoms with E-state index in [2.05, 4.69) is 4.98 Å². The summed E-state index contributed by atoms with van der Waals surface area (Å²) in [5.41, 5.74) is 1.62. The van der Waals surface area contributed by atoms with Gasteiger partial charge in [0.1, 0.15) is 0 Å². The third-order valence-electron chi connectivity index (χ3n) is 2.61. The normalized spacial score (nSPS) is 13.1. The molecule has 1 unspecified atom stereocenters. The van der Waals surface area contributed by atoms with Crippen LogP contribution in [0.5, 0.6) is 0 Å². The van der Waals surface area contributed by atoms with Crippen LogP contribution < -0.4 is 0 Å². The van der Waals surface area contributed by atoms with E-state index in [4.69, 9.17) is 10.2 Å². The average Bonchev–Trinajstić information content (AvgIpc) is 2.37. The summed E-state index contributed by atoms with van der Waals surface area (Å²) in [6.07, 6.45) is 5.71. The van der Waals surface area contributed by atoms with Crippen molar-refractivity contribution < 1.29 is 15.3 Å². The molecular formula is C14H21NO3. The molecule has 100 valence electrons. The Balaban J connectivity index is 2.48.